The third kappa shape index (κ3) is 3.09. The van der Waals surface area contributed by atoms with E-state index in [1.165, 1.54) is 49.9 Å². The van der Waals surface area contributed by atoms with E-state index in [-0.39, 0.29) is 10.6 Å². The number of sulfonamides is 1. The molecule has 19 heavy (non-hydrogen) atoms. The number of phenolic OH excluding ortho intramolecular Hbond substituents is 1. The third-order valence-electron chi connectivity index (χ3n) is 4.11. The Morgan fingerprint density at radius 1 is 1.11 bits per heavy atom. The van der Waals surface area contributed by atoms with E-state index in [1.54, 1.807) is 0 Å². The van der Waals surface area contributed by atoms with Crippen molar-refractivity contribution in [3.05, 3.63) is 24.3 Å². The van der Waals surface area contributed by atoms with Crippen molar-refractivity contribution in [3.8, 4) is 5.75 Å². The van der Waals surface area contributed by atoms with Crippen LogP contribution in [-0.2, 0) is 10.0 Å². The lowest BCUT2D eigenvalue weighted by Crippen LogP contribution is -2.31. The highest BCUT2D eigenvalue weighted by Gasteiger charge is 2.41. The van der Waals surface area contributed by atoms with E-state index < -0.39 is 10.0 Å². The van der Waals surface area contributed by atoms with Crippen LogP contribution < -0.4 is 4.72 Å². The molecule has 0 spiro atoms. The van der Waals surface area contributed by atoms with Crippen LogP contribution in [0.1, 0.15) is 25.7 Å². The molecule has 4 nitrogen and oxygen atoms in total. The summed E-state index contributed by atoms with van der Waals surface area (Å²) >= 11 is 0. The molecule has 5 heteroatoms. The summed E-state index contributed by atoms with van der Waals surface area (Å²) in [5.41, 5.74) is 0. The number of phenols is 1. The minimum atomic E-state index is -3.44. The van der Waals surface area contributed by atoms with Gasteiger partial charge in [-0.15, -0.1) is 0 Å². The van der Waals surface area contributed by atoms with Crippen LogP contribution in [0.2, 0.25) is 0 Å². The van der Waals surface area contributed by atoms with Gasteiger partial charge in [-0.25, -0.2) is 13.1 Å². The summed E-state index contributed by atoms with van der Waals surface area (Å²) in [4.78, 5) is 0.218. The minimum absolute atomic E-state index is 0.0767. The molecule has 0 aliphatic heterocycles. The van der Waals surface area contributed by atoms with E-state index in [0.29, 0.717) is 12.5 Å². The van der Waals surface area contributed by atoms with Gasteiger partial charge in [0.1, 0.15) is 5.75 Å². The molecule has 0 heterocycles. The fourth-order valence-electron chi connectivity index (χ4n) is 2.68. The second-order valence-corrected chi connectivity index (χ2v) is 7.45. The summed E-state index contributed by atoms with van der Waals surface area (Å²) in [5.74, 6) is 2.06. The number of benzene rings is 1. The van der Waals surface area contributed by atoms with Gasteiger partial charge in [0.15, 0.2) is 0 Å². The molecule has 2 fully saturated rings. The van der Waals surface area contributed by atoms with Crippen LogP contribution in [0.3, 0.4) is 0 Å². The van der Waals surface area contributed by atoms with Gasteiger partial charge in [0.2, 0.25) is 10.0 Å². The number of rotatable bonds is 6. The zero-order valence-corrected chi connectivity index (χ0v) is 11.6. The van der Waals surface area contributed by atoms with Gasteiger partial charge >= 0.3 is 0 Å². The number of hydrogen-bond acceptors (Lipinski definition) is 3. The first-order valence-corrected chi connectivity index (χ1v) is 8.33. The molecule has 2 aliphatic carbocycles. The summed E-state index contributed by atoms with van der Waals surface area (Å²) in [6.07, 6.45) is 5.01. The molecule has 1 aromatic carbocycles. The predicted octanol–water partition coefficient (Wildman–Crippen LogP) is 2.11. The van der Waals surface area contributed by atoms with E-state index in [9.17, 15) is 13.5 Å². The van der Waals surface area contributed by atoms with Crippen molar-refractivity contribution in [2.75, 3.05) is 6.54 Å². The smallest absolute Gasteiger partial charge is 0.240 e. The van der Waals surface area contributed by atoms with Crippen LogP contribution in [-0.4, -0.2) is 20.1 Å². The molecule has 0 saturated heterocycles. The summed E-state index contributed by atoms with van der Waals surface area (Å²) in [6, 6.07) is 5.66. The lowest BCUT2D eigenvalue weighted by molar-refractivity contribution is 0.401. The van der Waals surface area contributed by atoms with Crippen molar-refractivity contribution in [2.24, 2.45) is 17.8 Å². The van der Waals surface area contributed by atoms with Gasteiger partial charge in [0.05, 0.1) is 4.90 Å². The maximum absolute atomic E-state index is 12.1. The van der Waals surface area contributed by atoms with Gasteiger partial charge in [-0.3, -0.25) is 0 Å². The predicted molar refractivity (Wildman–Crippen MR) is 72.2 cm³/mol. The first kappa shape index (κ1) is 12.9. The normalized spacial score (nSPS) is 19.8. The van der Waals surface area contributed by atoms with Crippen molar-refractivity contribution in [3.63, 3.8) is 0 Å². The topological polar surface area (TPSA) is 66.4 Å². The van der Waals surface area contributed by atoms with Gasteiger partial charge in [0.25, 0.3) is 0 Å². The van der Waals surface area contributed by atoms with Gasteiger partial charge < -0.3 is 5.11 Å². The molecule has 2 aliphatic rings. The molecule has 2 N–H and O–H groups in total. The summed E-state index contributed by atoms with van der Waals surface area (Å²) in [5, 5.41) is 9.19. The first-order valence-electron chi connectivity index (χ1n) is 6.85. The van der Waals surface area contributed by atoms with Crippen molar-refractivity contribution in [2.45, 2.75) is 30.6 Å². The highest BCUT2D eigenvalue weighted by atomic mass is 32.2. The Balaban J connectivity index is 1.65. The second-order valence-electron chi connectivity index (χ2n) is 5.68. The molecule has 1 aromatic rings. The van der Waals surface area contributed by atoms with Crippen molar-refractivity contribution >= 4 is 10.0 Å². The van der Waals surface area contributed by atoms with Gasteiger partial charge in [-0.05, 0) is 67.7 Å². The minimum Gasteiger partial charge on any atom is -0.508 e. The second kappa shape index (κ2) is 4.80. The van der Waals surface area contributed by atoms with Crippen LogP contribution in [0.4, 0.5) is 0 Å². The SMILES string of the molecule is O=S(=O)(NCC(C1CC1)C1CC1)c1ccc(O)cc1. The summed E-state index contributed by atoms with van der Waals surface area (Å²) in [7, 11) is -3.44. The van der Waals surface area contributed by atoms with E-state index >= 15 is 0 Å². The number of nitrogens with one attached hydrogen (secondary N) is 1. The maximum Gasteiger partial charge on any atom is 0.240 e. The highest BCUT2D eigenvalue weighted by Crippen LogP contribution is 2.48. The Morgan fingerprint density at radius 3 is 2.11 bits per heavy atom. The average Bonchev–Trinajstić information content (AvgIpc) is 3.24. The van der Waals surface area contributed by atoms with E-state index in [0.717, 1.165) is 11.8 Å². The Hall–Kier alpha value is -1.07. The Kier molecular flexibility index (Phi) is 3.27. The molecule has 2 saturated carbocycles. The summed E-state index contributed by atoms with van der Waals surface area (Å²) in [6.45, 7) is 0.554. The van der Waals surface area contributed by atoms with Crippen molar-refractivity contribution in [1.29, 1.82) is 0 Å². The standard InChI is InChI=1S/C14H19NO3S/c16-12-5-7-13(8-6-12)19(17,18)15-9-14(10-1-2-10)11-3-4-11/h5-8,10-11,14-16H,1-4,9H2. The number of aromatic hydroxyl groups is 1. The van der Waals surface area contributed by atoms with Gasteiger partial charge in [-0.2, -0.15) is 0 Å². The molecule has 0 aromatic heterocycles. The largest absolute Gasteiger partial charge is 0.508 e. The van der Waals surface area contributed by atoms with Gasteiger partial charge in [0, 0.05) is 6.54 Å². The average molecular weight is 281 g/mol. The number of hydrogen-bond donors (Lipinski definition) is 2. The molecule has 0 radical (unpaired) electrons. The van der Waals surface area contributed by atoms with Crippen LogP contribution in [0, 0.1) is 17.8 Å². The van der Waals surface area contributed by atoms with Gasteiger partial charge in [-0.1, -0.05) is 0 Å². The Bertz CT molecular complexity index is 533. The highest BCUT2D eigenvalue weighted by molar-refractivity contribution is 7.89. The lowest BCUT2D eigenvalue weighted by atomic mass is 9.99. The van der Waals surface area contributed by atoms with Crippen LogP contribution >= 0.6 is 0 Å². The zero-order chi connectivity index (χ0) is 13.5. The quantitative estimate of drug-likeness (QED) is 0.839. The molecular formula is C14H19NO3S. The fraction of sp³-hybridized carbons (Fsp3) is 0.571. The van der Waals surface area contributed by atoms with E-state index in [4.69, 9.17) is 0 Å². The molecule has 104 valence electrons. The Labute approximate surface area is 113 Å². The molecule has 0 unspecified atom stereocenters. The monoisotopic (exact) mass is 281 g/mol. The molecular weight excluding hydrogens is 262 g/mol. The first-order chi connectivity index (χ1) is 9.06. The molecule has 3 rings (SSSR count). The van der Waals surface area contributed by atoms with Crippen molar-refractivity contribution in [1.82, 2.24) is 4.72 Å². The third-order valence-corrected chi connectivity index (χ3v) is 5.55. The van der Waals surface area contributed by atoms with E-state index in [1.807, 2.05) is 0 Å². The molecule has 0 amide bonds. The summed E-state index contributed by atoms with van der Waals surface area (Å²) < 4.78 is 27.0. The van der Waals surface area contributed by atoms with Crippen molar-refractivity contribution < 1.29 is 13.5 Å². The molecule has 0 bridgehead atoms. The lowest BCUT2D eigenvalue weighted by Gasteiger charge is -2.16. The zero-order valence-electron chi connectivity index (χ0n) is 10.7. The maximum atomic E-state index is 12.1. The molecule has 0 atom stereocenters. The fourth-order valence-corrected chi connectivity index (χ4v) is 3.75. The van der Waals surface area contributed by atoms with Crippen LogP contribution in [0.5, 0.6) is 5.75 Å². The Morgan fingerprint density at radius 2 is 1.63 bits per heavy atom. The van der Waals surface area contributed by atoms with E-state index in [2.05, 4.69) is 4.72 Å². The van der Waals surface area contributed by atoms with Crippen LogP contribution in [0.25, 0.3) is 0 Å². The van der Waals surface area contributed by atoms with Crippen LogP contribution in [0.15, 0.2) is 29.2 Å².